The van der Waals surface area contributed by atoms with E-state index in [-0.39, 0.29) is 11.5 Å². The van der Waals surface area contributed by atoms with Crippen LogP contribution in [0.15, 0.2) is 84.0 Å². The molecule has 0 fully saturated rings. The van der Waals surface area contributed by atoms with Crippen LogP contribution in [0.4, 0.5) is 11.4 Å². The Balaban J connectivity index is 1.96. The van der Waals surface area contributed by atoms with E-state index in [1.54, 1.807) is 12.3 Å². The van der Waals surface area contributed by atoms with Gasteiger partial charge in [0.05, 0.1) is 17.6 Å². The number of hydrogen-bond donors (Lipinski definition) is 2. The number of para-hydroxylation sites is 2. The molecule has 0 amide bonds. The number of phenolic OH excluding ortho intramolecular Hbond substituents is 2. The standard InChI is InChI=1S/C19H16N2O2/c22-18-12-11-15(13-19(18)23)14-20-21(16-7-3-1-4-8-16)17-9-5-2-6-10-17/h1-14,22-23H/b20-14+. The van der Waals surface area contributed by atoms with E-state index in [1.165, 1.54) is 12.1 Å². The molecule has 0 aliphatic carbocycles. The minimum absolute atomic E-state index is 0.148. The molecule has 0 radical (unpaired) electrons. The lowest BCUT2D eigenvalue weighted by Crippen LogP contribution is -2.09. The highest BCUT2D eigenvalue weighted by atomic mass is 16.3. The molecule has 23 heavy (non-hydrogen) atoms. The van der Waals surface area contributed by atoms with Crippen LogP contribution < -0.4 is 5.01 Å². The van der Waals surface area contributed by atoms with Crippen LogP contribution in [-0.2, 0) is 0 Å². The first-order valence-electron chi connectivity index (χ1n) is 7.20. The first-order chi connectivity index (χ1) is 11.2. The first kappa shape index (κ1) is 14.7. The fourth-order valence-electron chi connectivity index (χ4n) is 2.17. The number of hydrazone groups is 1. The molecule has 3 aromatic carbocycles. The molecular formula is C19H16N2O2. The van der Waals surface area contributed by atoms with E-state index >= 15 is 0 Å². The van der Waals surface area contributed by atoms with Crippen LogP contribution in [0.25, 0.3) is 0 Å². The van der Waals surface area contributed by atoms with Crippen molar-refractivity contribution in [2.75, 3.05) is 5.01 Å². The third-order valence-corrected chi connectivity index (χ3v) is 3.32. The zero-order valence-corrected chi connectivity index (χ0v) is 12.4. The second kappa shape index (κ2) is 6.66. The van der Waals surface area contributed by atoms with E-state index < -0.39 is 0 Å². The van der Waals surface area contributed by atoms with Crippen molar-refractivity contribution in [1.29, 1.82) is 0 Å². The highest BCUT2D eigenvalue weighted by molar-refractivity contribution is 5.82. The molecule has 114 valence electrons. The molecule has 0 heterocycles. The summed E-state index contributed by atoms with van der Waals surface area (Å²) in [7, 11) is 0. The van der Waals surface area contributed by atoms with E-state index in [9.17, 15) is 10.2 Å². The van der Waals surface area contributed by atoms with Gasteiger partial charge in [0.2, 0.25) is 0 Å². The smallest absolute Gasteiger partial charge is 0.158 e. The maximum Gasteiger partial charge on any atom is 0.158 e. The van der Waals surface area contributed by atoms with Gasteiger partial charge in [0.1, 0.15) is 0 Å². The van der Waals surface area contributed by atoms with E-state index in [0.717, 1.165) is 11.4 Å². The van der Waals surface area contributed by atoms with Gasteiger partial charge in [-0.1, -0.05) is 36.4 Å². The van der Waals surface area contributed by atoms with Gasteiger partial charge in [-0.25, -0.2) is 5.01 Å². The molecule has 0 saturated heterocycles. The van der Waals surface area contributed by atoms with E-state index in [1.807, 2.05) is 65.7 Å². The summed E-state index contributed by atoms with van der Waals surface area (Å²) in [6, 6.07) is 24.2. The van der Waals surface area contributed by atoms with E-state index in [4.69, 9.17) is 0 Å². The van der Waals surface area contributed by atoms with Gasteiger partial charge in [-0.15, -0.1) is 0 Å². The Morgan fingerprint density at radius 2 is 1.26 bits per heavy atom. The average Bonchev–Trinajstić information content (AvgIpc) is 2.60. The summed E-state index contributed by atoms with van der Waals surface area (Å²) in [4.78, 5) is 0. The Bertz CT molecular complexity index is 763. The maximum absolute atomic E-state index is 9.57. The topological polar surface area (TPSA) is 56.1 Å². The molecule has 0 spiro atoms. The molecule has 0 aromatic heterocycles. The third kappa shape index (κ3) is 3.49. The summed E-state index contributed by atoms with van der Waals surface area (Å²) >= 11 is 0. The van der Waals surface area contributed by atoms with Crippen LogP contribution in [0.5, 0.6) is 11.5 Å². The van der Waals surface area contributed by atoms with E-state index in [2.05, 4.69) is 5.10 Å². The summed E-state index contributed by atoms with van der Waals surface area (Å²) in [6.45, 7) is 0. The zero-order valence-electron chi connectivity index (χ0n) is 12.4. The summed E-state index contributed by atoms with van der Waals surface area (Å²) in [5, 5.41) is 25.3. The van der Waals surface area contributed by atoms with Gasteiger partial charge in [-0.05, 0) is 48.0 Å². The number of phenols is 2. The van der Waals surface area contributed by atoms with Crippen molar-refractivity contribution in [2.24, 2.45) is 5.10 Å². The molecule has 0 saturated carbocycles. The van der Waals surface area contributed by atoms with Gasteiger partial charge in [0.15, 0.2) is 11.5 Å². The second-order valence-electron chi connectivity index (χ2n) is 4.98. The molecule has 2 N–H and O–H groups in total. The highest BCUT2D eigenvalue weighted by Crippen LogP contribution is 2.26. The summed E-state index contributed by atoms with van der Waals surface area (Å²) < 4.78 is 0. The minimum Gasteiger partial charge on any atom is -0.504 e. The molecule has 4 heteroatoms. The lowest BCUT2D eigenvalue weighted by atomic mass is 10.2. The summed E-state index contributed by atoms with van der Waals surface area (Å²) in [5.74, 6) is -0.315. The predicted molar refractivity (Wildman–Crippen MR) is 92.4 cm³/mol. The third-order valence-electron chi connectivity index (χ3n) is 3.32. The Morgan fingerprint density at radius 1 is 0.696 bits per heavy atom. The average molecular weight is 304 g/mol. The molecule has 0 unspecified atom stereocenters. The van der Waals surface area contributed by atoms with Crippen molar-refractivity contribution in [1.82, 2.24) is 0 Å². The molecule has 0 aliphatic rings. The maximum atomic E-state index is 9.57. The molecule has 3 rings (SSSR count). The zero-order chi connectivity index (χ0) is 16.1. The van der Waals surface area contributed by atoms with Crippen molar-refractivity contribution in [2.45, 2.75) is 0 Å². The molecule has 4 nitrogen and oxygen atoms in total. The molecule has 0 bridgehead atoms. The Hall–Kier alpha value is -3.27. The van der Waals surface area contributed by atoms with Crippen LogP contribution in [0, 0.1) is 0 Å². The van der Waals surface area contributed by atoms with Crippen molar-refractivity contribution in [3.05, 3.63) is 84.4 Å². The highest BCUT2D eigenvalue weighted by Gasteiger charge is 2.06. The van der Waals surface area contributed by atoms with Crippen LogP contribution in [0.1, 0.15) is 5.56 Å². The molecular weight excluding hydrogens is 288 g/mol. The van der Waals surface area contributed by atoms with Crippen LogP contribution >= 0.6 is 0 Å². The Morgan fingerprint density at radius 3 is 1.78 bits per heavy atom. The van der Waals surface area contributed by atoms with Gasteiger partial charge >= 0.3 is 0 Å². The first-order valence-corrected chi connectivity index (χ1v) is 7.20. The lowest BCUT2D eigenvalue weighted by molar-refractivity contribution is 0.403. The van der Waals surface area contributed by atoms with Gasteiger partial charge in [0.25, 0.3) is 0 Å². The second-order valence-corrected chi connectivity index (χ2v) is 4.98. The fourth-order valence-corrected chi connectivity index (χ4v) is 2.17. The van der Waals surface area contributed by atoms with Crippen LogP contribution in [-0.4, -0.2) is 16.4 Å². The Labute approximate surface area is 134 Å². The summed E-state index contributed by atoms with van der Waals surface area (Å²) in [6.07, 6.45) is 1.64. The van der Waals surface area contributed by atoms with Gasteiger partial charge < -0.3 is 10.2 Å². The fraction of sp³-hybridized carbons (Fsp3) is 0. The number of rotatable bonds is 4. The molecule has 0 aliphatic heterocycles. The van der Waals surface area contributed by atoms with E-state index in [0.29, 0.717) is 5.56 Å². The molecule has 0 atom stereocenters. The van der Waals surface area contributed by atoms with Crippen molar-refractivity contribution in [3.63, 3.8) is 0 Å². The van der Waals surface area contributed by atoms with Gasteiger partial charge in [0, 0.05) is 0 Å². The van der Waals surface area contributed by atoms with Crippen molar-refractivity contribution >= 4 is 17.6 Å². The quantitative estimate of drug-likeness (QED) is 0.430. The van der Waals surface area contributed by atoms with Crippen molar-refractivity contribution in [3.8, 4) is 11.5 Å². The Kier molecular flexibility index (Phi) is 4.25. The number of aromatic hydroxyl groups is 2. The van der Waals surface area contributed by atoms with Crippen molar-refractivity contribution < 1.29 is 10.2 Å². The normalized spacial score (nSPS) is 10.8. The SMILES string of the molecule is Oc1ccc(/C=N/N(c2ccccc2)c2ccccc2)cc1O. The number of benzene rings is 3. The van der Waals surface area contributed by atoms with Gasteiger partial charge in [-0.3, -0.25) is 0 Å². The number of hydrogen-bond acceptors (Lipinski definition) is 4. The molecule has 3 aromatic rings. The van der Waals surface area contributed by atoms with Gasteiger partial charge in [-0.2, -0.15) is 5.10 Å². The monoisotopic (exact) mass is 304 g/mol. The van der Waals surface area contributed by atoms with Crippen LogP contribution in [0.3, 0.4) is 0 Å². The number of nitrogens with zero attached hydrogens (tertiary/aromatic N) is 2. The van der Waals surface area contributed by atoms with Crippen LogP contribution in [0.2, 0.25) is 0 Å². The largest absolute Gasteiger partial charge is 0.504 e. The summed E-state index contributed by atoms with van der Waals surface area (Å²) in [5.41, 5.74) is 2.55. The number of anilines is 2. The minimum atomic E-state index is -0.167. The lowest BCUT2D eigenvalue weighted by Gasteiger charge is -2.19. The predicted octanol–water partition coefficient (Wildman–Crippen LogP) is 4.27.